The van der Waals surface area contributed by atoms with Crippen LogP contribution in [0.2, 0.25) is 0 Å². The average Bonchev–Trinajstić information content (AvgIpc) is 2.72. The van der Waals surface area contributed by atoms with Crippen molar-refractivity contribution in [2.24, 2.45) is 10.8 Å². The maximum absolute atomic E-state index is 12.6. The molecule has 2 aliphatic heterocycles. The lowest BCUT2D eigenvalue weighted by atomic mass is 9.71. The normalized spacial score (nSPS) is 19.8. The first-order chi connectivity index (χ1) is 15.6. The van der Waals surface area contributed by atoms with E-state index in [9.17, 15) is 28.8 Å². The molecule has 2 heterocycles. The number of hydrogen-bond acceptors (Lipinski definition) is 8. The quantitative estimate of drug-likeness (QED) is 0.471. The lowest BCUT2D eigenvalue weighted by Gasteiger charge is -2.45. The molecule has 0 atom stereocenters. The largest absolute Gasteiger partial charge is 0.371 e. The Morgan fingerprint density at radius 2 is 0.853 bits per heavy atom. The van der Waals surface area contributed by atoms with Crippen LogP contribution in [0.5, 0.6) is 0 Å². The second kappa shape index (κ2) is 9.76. The van der Waals surface area contributed by atoms with E-state index < -0.39 is 10.8 Å². The molecule has 2 rings (SSSR count). The van der Waals surface area contributed by atoms with E-state index in [1.165, 1.54) is 41.5 Å². The third-order valence-electron chi connectivity index (χ3n) is 7.89. The summed E-state index contributed by atoms with van der Waals surface area (Å²) < 4.78 is 0. The Hall–Kier alpha value is -2.90. The molecule has 2 aliphatic rings. The van der Waals surface area contributed by atoms with Crippen LogP contribution < -0.4 is 0 Å². The molecule has 0 aromatic heterocycles. The summed E-state index contributed by atoms with van der Waals surface area (Å²) >= 11 is 0. The second-order valence-corrected chi connectivity index (χ2v) is 9.83. The molecule has 0 aromatic rings. The zero-order valence-corrected chi connectivity index (χ0v) is 21.6. The fourth-order valence-electron chi connectivity index (χ4n) is 5.17. The molecule has 0 spiro atoms. The van der Waals surface area contributed by atoms with Gasteiger partial charge in [-0.25, -0.2) is 0 Å². The van der Waals surface area contributed by atoms with Gasteiger partial charge in [-0.3, -0.25) is 28.8 Å². The van der Waals surface area contributed by atoms with Crippen LogP contribution in [0, 0.1) is 10.8 Å². The molecule has 0 fully saturated rings. The highest BCUT2D eigenvalue weighted by molar-refractivity contribution is 6.08. The molecule has 0 unspecified atom stereocenters. The van der Waals surface area contributed by atoms with Crippen molar-refractivity contribution in [3.05, 3.63) is 22.5 Å². The fourth-order valence-corrected chi connectivity index (χ4v) is 5.17. The minimum Gasteiger partial charge on any atom is -0.371 e. The smallest absolute Gasteiger partial charge is 0.157 e. The predicted octanol–water partition coefficient (Wildman–Crippen LogP) is 2.45. The highest BCUT2D eigenvalue weighted by Gasteiger charge is 2.48. The molecule has 0 bridgehead atoms. The van der Waals surface area contributed by atoms with Crippen LogP contribution in [0.3, 0.4) is 0 Å². The van der Waals surface area contributed by atoms with Gasteiger partial charge in [-0.1, -0.05) is 0 Å². The standard InChI is InChI=1S/C26H36N2O6/c1-15-23(17(3)29)11-25(19(5)31,20(6)32)13-27(15)9-10-28-14-26(21(7)33,22(8)34)12-24(16(28)2)18(4)30/h9-14H2,1-8H3. The Morgan fingerprint density at radius 1 is 0.588 bits per heavy atom. The second-order valence-electron chi connectivity index (χ2n) is 9.83. The minimum atomic E-state index is -1.29. The van der Waals surface area contributed by atoms with Crippen molar-refractivity contribution >= 4 is 34.7 Å². The molecule has 0 N–H and O–H groups in total. The SMILES string of the molecule is CC(=O)C1=C(C)N(CCN2CC(C(C)=O)(C(C)=O)CC(C(C)=O)=C2C)CC(C(C)=O)(C(C)=O)C1. The summed E-state index contributed by atoms with van der Waals surface area (Å²) in [5, 5.41) is 0. The zero-order valence-electron chi connectivity index (χ0n) is 21.6. The van der Waals surface area contributed by atoms with Crippen molar-refractivity contribution in [3.63, 3.8) is 0 Å². The van der Waals surface area contributed by atoms with Crippen LogP contribution in [0.15, 0.2) is 22.5 Å². The number of rotatable bonds is 9. The van der Waals surface area contributed by atoms with Crippen molar-refractivity contribution in [2.75, 3.05) is 26.2 Å². The topological polar surface area (TPSA) is 109 Å². The molecule has 0 radical (unpaired) electrons. The van der Waals surface area contributed by atoms with E-state index in [2.05, 4.69) is 0 Å². The summed E-state index contributed by atoms with van der Waals surface area (Å²) in [4.78, 5) is 78.8. The highest BCUT2D eigenvalue weighted by atomic mass is 16.2. The molecular weight excluding hydrogens is 436 g/mol. The minimum absolute atomic E-state index is 0.0875. The van der Waals surface area contributed by atoms with Crippen molar-refractivity contribution in [1.82, 2.24) is 9.80 Å². The number of carbonyl (C=O) groups is 6. The van der Waals surface area contributed by atoms with Crippen molar-refractivity contribution < 1.29 is 28.8 Å². The summed E-state index contributed by atoms with van der Waals surface area (Å²) in [5.41, 5.74) is -0.260. The van der Waals surface area contributed by atoms with E-state index in [0.717, 1.165) is 0 Å². The van der Waals surface area contributed by atoms with E-state index in [1.807, 2.05) is 9.80 Å². The van der Waals surface area contributed by atoms with Crippen LogP contribution in [0.1, 0.15) is 68.2 Å². The van der Waals surface area contributed by atoms with E-state index in [1.54, 1.807) is 13.8 Å². The first-order valence-electron chi connectivity index (χ1n) is 11.6. The van der Waals surface area contributed by atoms with E-state index >= 15 is 0 Å². The Labute approximate surface area is 201 Å². The van der Waals surface area contributed by atoms with Crippen LogP contribution in [-0.2, 0) is 28.8 Å². The molecule has 8 heteroatoms. The van der Waals surface area contributed by atoms with Crippen LogP contribution in [0.25, 0.3) is 0 Å². The number of hydrogen-bond donors (Lipinski definition) is 0. The Morgan fingerprint density at radius 3 is 1.06 bits per heavy atom. The Bertz CT molecular complexity index is 922. The Kier molecular flexibility index (Phi) is 7.85. The zero-order chi connectivity index (χ0) is 26.2. The molecular formula is C26H36N2O6. The molecule has 0 aromatic carbocycles. The number of carbonyl (C=O) groups excluding carboxylic acids is 6. The Balaban J connectivity index is 2.47. The van der Waals surface area contributed by atoms with Gasteiger partial charge in [0.15, 0.2) is 11.6 Å². The molecule has 0 saturated heterocycles. The summed E-state index contributed by atoms with van der Waals surface area (Å²) in [7, 11) is 0. The number of nitrogens with zero attached hydrogens (tertiary/aromatic N) is 2. The molecule has 34 heavy (non-hydrogen) atoms. The molecule has 186 valence electrons. The van der Waals surface area contributed by atoms with Gasteiger partial charge in [-0.2, -0.15) is 0 Å². The van der Waals surface area contributed by atoms with Gasteiger partial charge in [0.05, 0.1) is 0 Å². The van der Waals surface area contributed by atoms with Gasteiger partial charge in [-0.05, 0) is 68.2 Å². The van der Waals surface area contributed by atoms with E-state index in [0.29, 0.717) is 35.6 Å². The van der Waals surface area contributed by atoms with Gasteiger partial charge in [0, 0.05) is 48.7 Å². The van der Waals surface area contributed by atoms with Gasteiger partial charge in [0.25, 0.3) is 0 Å². The summed E-state index contributed by atoms with van der Waals surface area (Å²) in [5.74, 6) is -1.50. The molecule has 0 amide bonds. The summed E-state index contributed by atoms with van der Waals surface area (Å²) in [6, 6.07) is 0. The van der Waals surface area contributed by atoms with Gasteiger partial charge < -0.3 is 9.80 Å². The summed E-state index contributed by atoms with van der Waals surface area (Å²) in [6.45, 7) is 13.0. The number of allylic oxidation sites excluding steroid dienone is 4. The monoisotopic (exact) mass is 472 g/mol. The third kappa shape index (κ3) is 4.68. The average molecular weight is 473 g/mol. The van der Waals surface area contributed by atoms with Gasteiger partial charge in [-0.15, -0.1) is 0 Å². The first-order valence-corrected chi connectivity index (χ1v) is 11.6. The highest BCUT2D eigenvalue weighted by Crippen LogP contribution is 2.40. The first kappa shape index (κ1) is 27.3. The lowest BCUT2D eigenvalue weighted by Crippen LogP contribution is -2.54. The van der Waals surface area contributed by atoms with Crippen molar-refractivity contribution in [3.8, 4) is 0 Å². The fraction of sp³-hybridized carbons (Fsp3) is 0.615. The van der Waals surface area contributed by atoms with Crippen LogP contribution >= 0.6 is 0 Å². The summed E-state index contributed by atoms with van der Waals surface area (Å²) in [6.07, 6.45) is 0.175. The van der Waals surface area contributed by atoms with Crippen LogP contribution in [-0.4, -0.2) is 70.7 Å². The number of Topliss-reactive ketones (excluding diaryl/α,β-unsaturated/α-hetero) is 6. The van der Waals surface area contributed by atoms with E-state index in [-0.39, 0.29) is 60.6 Å². The van der Waals surface area contributed by atoms with Crippen LogP contribution in [0.4, 0.5) is 0 Å². The maximum Gasteiger partial charge on any atom is 0.157 e. The maximum atomic E-state index is 12.6. The van der Waals surface area contributed by atoms with E-state index in [4.69, 9.17) is 0 Å². The predicted molar refractivity (Wildman–Crippen MR) is 127 cm³/mol. The van der Waals surface area contributed by atoms with Gasteiger partial charge in [0.2, 0.25) is 0 Å². The van der Waals surface area contributed by atoms with Crippen molar-refractivity contribution in [2.45, 2.75) is 68.2 Å². The van der Waals surface area contributed by atoms with Gasteiger partial charge >= 0.3 is 0 Å². The number of ketones is 6. The molecule has 0 aliphatic carbocycles. The van der Waals surface area contributed by atoms with Crippen molar-refractivity contribution in [1.29, 1.82) is 0 Å². The van der Waals surface area contributed by atoms with Gasteiger partial charge in [0.1, 0.15) is 34.0 Å². The third-order valence-corrected chi connectivity index (χ3v) is 7.89. The lowest BCUT2D eigenvalue weighted by molar-refractivity contribution is -0.142. The molecule has 0 saturated carbocycles. The molecule has 8 nitrogen and oxygen atoms in total.